The van der Waals surface area contributed by atoms with E-state index in [1.54, 1.807) is 6.20 Å². The third kappa shape index (κ3) is 4.33. The third-order valence-electron chi connectivity index (χ3n) is 2.95. The third-order valence-corrected chi connectivity index (χ3v) is 5.34. The summed E-state index contributed by atoms with van der Waals surface area (Å²) in [6, 6.07) is 9.16. The van der Waals surface area contributed by atoms with E-state index in [1.807, 2.05) is 29.6 Å². The second-order valence-corrected chi connectivity index (χ2v) is 7.80. The Labute approximate surface area is 154 Å². The maximum absolute atomic E-state index is 11.9. The number of anilines is 1. The summed E-state index contributed by atoms with van der Waals surface area (Å²) in [5, 5.41) is 4.69. The molecule has 0 aliphatic heterocycles. The van der Waals surface area contributed by atoms with Crippen molar-refractivity contribution in [3.05, 3.63) is 61.5 Å². The van der Waals surface area contributed by atoms with Gasteiger partial charge in [-0.15, -0.1) is 23.1 Å². The van der Waals surface area contributed by atoms with E-state index in [1.165, 1.54) is 33.6 Å². The quantitative estimate of drug-likeness (QED) is 0.598. The molecule has 0 atom stereocenters. The summed E-state index contributed by atoms with van der Waals surface area (Å²) in [4.78, 5) is 28.9. The number of nitrogens with zero attached hydrogens (tertiary/aromatic N) is 2. The van der Waals surface area contributed by atoms with E-state index in [9.17, 15) is 9.59 Å². The van der Waals surface area contributed by atoms with E-state index in [4.69, 9.17) is 0 Å². The van der Waals surface area contributed by atoms with Crippen molar-refractivity contribution < 1.29 is 4.79 Å². The Morgan fingerprint density at radius 3 is 3.09 bits per heavy atom. The van der Waals surface area contributed by atoms with E-state index in [-0.39, 0.29) is 11.5 Å². The summed E-state index contributed by atoms with van der Waals surface area (Å²) in [6.45, 7) is 0. The molecule has 3 rings (SSSR count). The molecule has 2 heterocycles. The number of hydrogen-bond donors (Lipinski definition) is 1. The second kappa shape index (κ2) is 7.45. The van der Waals surface area contributed by atoms with Crippen LogP contribution >= 0.6 is 45.7 Å². The average molecular weight is 457 g/mol. The van der Waals surface area contributed by atoms with Crippen LogP contribution in [-0.4, -0.2) is 21.0 Å². The Balaban J connectivity index is 1.56. The molecule has 0 saturated carbocycles. The van der Waals surface area contributed by atoms with Crippen molar-refractivity contribution >= 4 is 62.2 Å². The Morgan fingerprint density at radius 1 is 1.39 bits per heavy atom. The maximum Gasteiger partial charge on any atom is 0.258 e. The van der Waals surface area contributed by atoms with E-state index in [2.05, 4.69) is 32.9 Å². The fourth-order valence-corrected chi connectivity index (χ4v) is 3.97. The molecule has 0 unspecified atom stereocenters. The number of carbonyl (C=O) groups is 1. The van der Waals surface area contributed by atoms with Crippen molar-refractivity contribution in [2.45, 2.75) is 5.75 Å². The van der Waals surface area contributed by atoms with Gasteiger partial charge in [-0.2, -0.15) is 0 Å². The van der Waals surface area contributed by atoms with Gasteiger partial charge in [0.25, 0.3) is 5.56 Å². The molecule has 1 amide bonds. The van der Waals surface area contributed by atoms with Crippen LogP contribution in [0.5, 0.6) is 0 Å². The molecule has 1 aromatic carbocycles. The zero-order chi connectivity index (χ0) is 16.2. The molecule has 0 radical (unpaired) electrons. The summed E-state index contributed by atoms with van der Waals surface area (Å²) < 4.78 is 2.59. The van der Waals surface area contributed by atoms with Crippen LogP contribution in [0.4, 0.5) is 5.69 Å². The highest BCUT2D eigenvalue weighted by molar-refractivity contribution is 14.1. The topological polar surface area (TPSA) is 63.5 Å². The molecule has 118 valence electrons. The van der Waals surface area contributed by atoms with Gasteiger partial charge in [0.15, 0.2) is 4.96 Å². The van der Waals surface area contributed by atoms with Gasteiger partial charge in [0.1, 0.15) is 0 Å². The van der Waals surface area contributed by atoms with Crippen LogP contribution in [0.3, 0.4) is 0 Å². The van der Waals surface area contributed by atoms with E-state index < -0.39 is 0 Å². The van der Waals surface area contributed by atoms with Crippen molar-refractivity contribution in [2.75, 3.05) is 11.1 Å². The van der Waals surface area contributed by atoms with Gasteiger partial charge in [0.05, 0.1) is 11.4 Å². The fraction of sp³-hybridized carbons (Fsp3) is 0.133. The molecule has 0 aliphatic carbocycles. The largest absolute Gasteiger partial charge is 0.325 e. The number of halogens is 1. The Hall–Kier alpha value is -1.39. The van der Waals surface area contributed by atoms with Gasteiger partial charge in [-0.1, -0.05) is 6.07 Å². The number of amides is 1. The molecule has 5 nitrogen and oxygen atoms in total. The first-order valence-electron chi connectivity index (χ1n) is 6.71. The van der Waals surface area contributed by atoms with Crippen LogP contribution in [0.15, 0.2) is 46.7 Å². The van der Waals surface area contributed by atoms with Gasteiger partial charge in [0, 0.05) is 32.7 Å². The van der Waals surface area contributed by atoms with Crippen LogP contribution in [0.2, 0.25) is 0 Å². The van der Waals surface area contributed by atoms with Gasteiger partial charge >= 0.3 is 0 Å². The number of hydrogen-bond acceptors (Lipinski definition) is 5. The molecule has 0 saturated heterocycles. The number of carbonyl (C=O) groups excluding carboxylic acids is 1. The average Bonchev–Trinajstić information content (AvgIpc) is 2.96. The highest BCUT2D eigenvalue weighted by Crippen LogP contribution is 2.15. The van der Waals surface area contributed by atoms with Crippen molar-refractivity contribution in [2.24, 2.45) is 0 Å². The van der Waals surface area contributed by atoms with Gasteiger partial charge < -0.3 is 5.32 Å². The minimum absolute atomic E-state index is 0.0640. The van der Waals surface area contributed by atoms with E-state index >= 15 is 0 Å². The zero-order valence-electron chi connectivity index (χ0n) is 11.9. The minimum Gasteiger partial charge on any atom is -0.325 e. The van der Waals surface area contributed by atoms with E-state index in [0.717, 1.165) is 9.26 Å². The smallest absolute Gasteiger partial charge is 0.258 e. The number of aromatic nitrogens is 2. The molecular weight excluding hydrogens is 445 g/mol. The van der Waals surface area contributed by atoms with E-state index in [0.29, 0.717) is 22.2 Å². The molecule has 8 heteroatoms. The molecule has 0 fully saturated rings. The highest BCUT2D eigenvalue weighted by Gasteiger charge is 2.06. The SMILES string of the molecule is O=C(CSCc1cc(=O)n2ccsc2n1)Nc1cccc(I)c1. The summed E-state index contributed by atoms with van der Waals surface area (Å²) in [6.07, 6.45) is 1.71. The standard InChI is InChI=1S/C15H12IN3O2S2/c16-10-2-1-3-11(6-10)17-13(20)9-22-8-12-7-14(21)19-4-5-23-15(19)18-12/h1-7H,8-9H2,(H,17,20). The molecule has 1 N–H and O–H groups in total. The molecule has 2 aromatic heterocycles. The highest BCUT2D eigenvalue weighted by atomic mass is 127. The van der Waals surface area contributed by atoms with Crippen LogP contribution in [-0.2, 0) is 10.5 Å². The van der Waals surface area contributed by atoms with Crippen molar-refractivity contribution in [1.29, 1.82) is 0 Å². The predicted molar refractivity (Wildman–Crippen MR) is 103 cm³/mol. The second-order valence-electron chi connectivity index (χ2n) is 4.69. The minimum atomic E-state index is -0.0878. The summed E-state index contributed by atoms with van der Waals surface area (Å²) in [7, 11) is 0. The lowest BCUT2D eigenvalue weighted by Gasteiger charge is -2.05. The van der Waals surface area contributed by atoms with Crippen LogP contribution in [0, 0.1) is 3.57 Å². The van der Waals surface area contributed by atoms with Crippen molar-refractivity contribution in [1.82, 2.24) is 9.38 Å². The molecule has 0 aliphatic rings. The van der Waals surface area contributed by atoms with Gasteiger partial charge in [-0.3, -0.25) is 14.0 Å². The van der Waals surface area contributed by atoms with Gasteiger partial charge in [0.2, 0.25) is 5.91 Å². The maximum atomic E-state index is 11.9. The number of benzene rings is 1. The van der Waals surface area contributed by atoms with Crippen LogP contribution in [0.1, 0.15) is 5.69 Å². The number of thiazole rings is 1. The predicted octanol–water partition coefficient (Wildman–Crippen LogP) is 3.23. The van der Waals surface area contributed by atoms with Crippen molar-refractivity contribution in [3.63, 3.8) is 0 Å². The Kier molecular flexibility index (Phi) is 5.34. The molecule has 23 heavy (non-hydrogen) atoms. The molecule has 0 bridgehead atoms. The zero-order valence-corrected chi connectivity index (χ0v) is 15.7. The van der Waals surface area contributed by atoms with Gasteiger partial charge in [-0.05, 0) is 40.8 Å². The number of rotatable bonds is 5. The fourth-order valence-electron chi connectivity index (χ4n) is 1.97. The molecule has 3 aromatic rings. The first-order chi connectivity index (χ1) is 11.1. The summed E-state index contributed by atoms with van der Waals surface area (Å²) >= 11 is 5.06. The summed E-state index contributed by atoms with van der Waals surface area (Å²) in [5.41, 5.74) is 1.40. The van der Waals surface area contributed by atoms with Crippen molar-refractivity contribution in [3.8, 4) is 0 Å². The van der Waals surface area contributed by atoms with Crippen LogP contribution < -0.4 is 10.9 Å². The number of nitrogens with one attached hydrogen (secondary N) is 1. The Bertz CT molecular complexity index is 907. The lowest BCUT2D eigenvalue weighted by molar-refractivity contribution is -0.113. The lowest BCUT2D eigenvalue weighted by Crippen LogP contribution is -2.15. The molecule has 0 spiro atoms. The monoisotopic (exact) mass is 457 g/mol. The van der Waals surface area contributed by atoms with Crippen LogP contribution in [0.25, 0.3) is 4.96 Å². The molecular formula is C15H12IN3O2S2. The first-order valence-corrected chi connectivity index (χ1v) is 9.82. The van der Waals surface area contributed by atoms with Gasteiger partial charge in [-0.25, -0.2) is 4.98 Å². The number of fused-ring (bicyclic) bond motifs is 1. The summed E-state index contributed by atoms with van der Waals surface area (Å²) in [5.74, 6) is 0.784. The Morgan fingerprint density at radius 2 is 2.26 bits per heavy atom. The normalized spacial score (nSPS) is 10.8. The first kappa shape index (κ1) is 16.5. The lowest BCUT2D eigenvalue weighted by atomic mass is 10.3. The number of thioether (sulfide) groups is 1.